The van der Waals surface area contributed by atoms with E-state index in [0.717, 1.165) is 5.56 Å². The van der Waals surface area contributed by atoms with Crippen LogP contribution >= 0.6 is 11.6 Å². The monoisotopic (exact) mass is 316 g/mol. The molecule has 6 nitrogen and oxygen atoms in total. The maximum atomic E-state index is 9.85. The lowest BCUT2D eigenvalue weighted by molar-refractivity contribution is 0.440. The third-order valence-corrected chi connectivity index (χ3v) is 3.55. The first-order valence-corrected chi connectivity index (χ1v) is 6.89. The molecule has 3 aromatic rings. The first kappa shape index (κ1) is 14.3. The Balaban J connectivity index is 2.22. The van der Waals surface area contributed by atoms with Gasteiger partial charge in [-0.2, -0.15) is 0 Å². The van der Waals surface area contributed by atoms with Gasteiger partial charge in [0.25, 0.3) is 0 Å². The van der Waals surface area contributed by atoms with E-state index in [0.29, 0.717) is 22.2 Å². The smallest absolute Gasteiger partial charge is 0.233 e. The molecule has 0 aliphatic heterocycles. The lowest BCUT2D eigenvalue weighted by Gasteiger charge is -2.14. The van der Waals surface area contributed by atoms with Gasteiger partial charge >= 0.3 is 0 Å². The molecule has 7 heteroatoms. The number of phenols is 1. The van der Waals surface area contributed by atoms with Crippen molar-refractivity contribution in [1.29, 1.82) is 0 Å². The number of hydrogen-bond acceptors (Lipinski definition) is 6. The minimum atomic E-state index is 0.135. The zero-order chi connectivity index (χ0) is 15.9. The largest absolute Gasteiger partial charge is 0.508 e. The maximum Gasteiger partial charge on any atom is 0.233 e. The molecule has 3 N–H and O–H groups in total. The van der Waals surface area contributed by atoms with Crippen molar-refractivity contribution in [2.45, 2.75) is 13.8 Å². The zero-order valence-electron chi connectivity index (χ0n) is 12.0. The number of phenolic OH excluding ortho intramolecular Hbond substituents is 1. The molecule has 0 atom stereocenters. The van der Waals surface area contributed by atoms with Gasteiger partial charge in [-0.3, -0.25) is 0 Å². The Labute approximate surface area is 131 Å². The van der Waals surface area contributed by atoms with E-state index in [4.69, 9.17) is 22.1 Å². The van der Waals surface area contributed by atoms with Gasteiger partial charge in [0.1, 0.15) is 34.2 Å². The Morgan fingerprint density at radius 1 is 1.23 bits per heavy atom. The van der Waals surface area contributed by atoms with Crippen molar-refractivity contribution >= 4 is 28.3 Å². The number of nitrogen functional groups attached to an aromatic ring is 1. The van der Waals surface area contributed by atoms with Crippen LogP contribution in [0.1, 0.15) is 11.1 Å². The number of aromatic nitrogens is 3. The molecule has 0 radical (unpaired) electrons. The number of aromatic hydroxyl groups is 1. The number of rotatable bonds is 2. The molecule has 0 amide bonds. The predicted octanol–water partition coefficient (Wildman–Crippen LogP) is 3.38. The summed E-state index contributed by atoms with van der Waals surface area (Å²) in [5.74, 6) is 1.09. The lowest BCUT2D eigenvalue weighted by Crippen LogP contribution is -1.99. The number of ether oxygens (including phenoxy) is 1. The minimum absolute atomic E-state index is 0.135. The standard InChI is InChI=1S/C15H13ClN4O2/c1-7-3-4-10(21)8(2)13(7)22-15-12-9(5-11(16)20-15)18-6-19-14(12)17/h3-6,21H,1-2H3,(H2,17,18,19). The van der Waals surface area contributed by atoms with Crippen molar-refractivity contribution in [3.63, 3.8) is 0 Å². The fourth-order valence-electron chi connectivity index (χ4n) is 2.18. The topological polar surface area (TPSA) is 94.1 Å². The Kier molecular flexibility index (Phi) is 3.46. The zero-order valence-corrected chi connectivity index (χ0v) is 12.7. The van der Waals surface area contributed by atoms with E-state index in [9.17, 15) is 5.11 Å². The average Bonchev–Trinajstić information content (AvgIpc) is 2.47. The second-order valence-electron chi connectivity index (χ2n) is 4.86. The molecule has 0 saturated carbocycles. The van der Waals surface area contributed by atoms with E-state index in [1.807, 2.05) is 6.92 Å². The van der Waals surface area contributed by atoms with Crippen molar-refractivity contribution in [2.75, 3.05) is 5.73 Å². The third kappa shape index (κ3) is 2.37. The highest BCUT2D eigenvalue weighted by molar-refractivity contribution is 6.30. The molecule has 0 saturated heterocycles. The molecule has 0 unspecified atom stereocenters. The van der Waals surface area contributed by atoms with E-state index in [2.05, 4.69) is 15.0 Å². The number of pyridine rings is 1. The van der Waals surface area contributed by atoms with Crippen molar-refractivity contribution in [3.05, 3.63) is 40.8 Å². The molecule has 22 heavy (non-hydrogen) atoms. The van der Waals surface area contributed by atoms with Gasteiger partial charge in [-0.15, -0.1) is 0 Å². The molecule has 0 spiro atoms. The summed E-state index contributed by atoms with van der Waals surface area (Å²) in [5.41, 5.74) is 7.89. The lowest BCUT2D eigenvalue weighted by atomic mass is 10.1. The summed E-state index contributed by atoms with van der Waals surface area (Å²) < 4.78 is 5.88. The fourth-order valence-corrected chi connectivity index (χ4v) is 2.36. The number of anilines is 1. The Morgan fingerprint density at radius 3 is 2.77 bits per heavy atom. The van der Waals surface area contributed by atoms with E-state index in [-0.39, 0.29) is 22.6 Å². The summed E-state index contributed by atoms with van der Waals surface area (Å²) in [5, 5.41) is 10.6. The second kappa shape index (κ2) is 5.31. The maximum absolute atomic E-state index is 9.85. The van der Waals surface area contributed by atoms with Gasteiger partial charge in [-0.25, -0.2) is 15.0 Å². The molecule has 1 aromatic carbocycles. The molecule has 112 valence electrons. The van der Waals surface area contributed by atoms with Crippen LogP contribution in [0.4, 0.5) is 5.82 Å². The van der Waals surface area contributed by atoms with Gasteiger partial charge in [0.15, 0.2) is 0 Å². The van der Waals surface area contributed by atoms with Crippen LogP contribution in [0.5, 0.6) is 17.4 Å². The number of aryl methyl sites for hydroxylation is 1. The van der Waals surface area contributed by atoms with Gasteiger partial charge in [0, 0.05) is 11.6 Å². The van der Waals surface area contributed by atoms with E-state index >= 15 is 0 Å². The van der Waals surface area contributed by atoms with Crippen LogP contribution in [-0.2, 0) is 0 Å². The first-order chi connectivity index (χ1) is 10.5. The molecule has 0 aliphatic rings. The summed E-state index contributed by atoms with van der Waals surface area (Å²) in [4.78, 5) is 12.2. The Morgan fingerprint density at radius 2 is 2.00 bits per heavy atom. The number of nitrogens with two attached hydrogens (primary N) is 1. The quantitative estimate of drug-likeness (QED) is 0.704. The van der Waals surface area contributed by atoms with Gasteiger partial charge in [0.05, 0.1) is 5.52 Å². The van der Waals surface area contributed by atoms with Crippen LogP contribution < -0.4 is 10.5 Å². The third-order valence-electron chi connectivity index (χ3n) is 3.36. The minimum Gasteiger partial charge on any atom is -0.508 e. The highest BCUT2D eigenvalue weighted by Crippen LogP contribution is 2.37. The highest BCUT2D eigenvalue weighted by atomic mass is 35.5. The molecule has 0 bridgehead atoms. The highest BCUT2D eigenvalue weighted by Gasteiger charge is 2.16. The SMILES string of the molecule is Cc1ccc(O)c(C)c1Oc1nc(Cl)cc2ncnc(N)c12. The molecule has 3 rings (SSSR count). The summed E-state index contributed by atoms with van der Waals surface area (Å²) in [7, 11) is 0. The molecular weight excluding hydrogens is 304 g/mol. The first-order valence-electron chi connectivity index (χ1n) is 6.51. The molecule has 2 aromatic heterocycles. The van der Waals surface area contributed by atoms with Crippen molar-refractivity contribution < 1.29 is 9.84 Å². The normalized spacial score (nSPS) is 10.9. The Hall–Kier alpha value is -2.60. The molecule has 2 heterocycles. The number of nitrogens with zero attached hydrogens (tertiary/aromatic N) is 3. The molecule has 0 fully saturated rings. The van der Waals surface area contributed by atoms with Crippen molar-refractivity contribution in [2.24, 2.45) is 0 Å². The van der Waals surface area contributed by atoms with Gasteiger partial charge in [0.2, 0.25) is 5.88 Å². The van der Waals surface area contributed by atoms with Crippen LogP contribution in [0.25, 0.3) is 10.9 Å². The van der Waals surface area contributed by atoms with E-state index in [1.54, 1.807) is 25.1 Å². The van der Waals surface area contributed by atoms with E-state index in [1.165, 1.54) is 6.33 Å². The van der Waals surface area contributed by atoms with Gasteiger partial charge < -0.3 is 15.6 Å². The van der Waals surface area contributed by atoms with Crippen LogP contribution in [0.15, 0.2) is 24.5 Å². The average molecular weight is 317 g/mol. The van der Waals surface area contributed by atoms with Crippen LogP contribution in [0, 0.1) is 13.8 Å². The van der Waals surface area contributed by atoms with Gasteiger partial charge in [-0.05, 0) is 25.5 Å². The van der Waals surface area contributed by atoms with Gasteiger partial charge in [-0.1, -0.05) is 17.7 Å². The number of hydrogen-bond donors (Lipinski definition) is 2. The van der Waals surface area contributed by atoms with Crippen molar-refractivity contribution in [3.8, 4) is 17.4 Å². The molecular formula is C15H13ClN4O2. The number of halogens is 1. The van der Waals surface area contributed by atoms with Crippen LogP contribution in [0.3, 0.4) is 0 Å². The van der Waals surface area contributed by atoms with Crippen molar-refractivity contribution in [1.82, 2.24) is 15.0 Å². The fraction of sp³-hybridized carbons (Fsp3) is 0.133. The summed E-state index contributed by atoms with van der Waals surface area (Å²) in [6.07, 6.45) is 1.35. The predicted molar refractivity (Wildman–Crippen MR) is 84.4 cm³/mol. The summed E-state index contributed by atoms with van der Waals surface area (Å²) in [6.45, 7) is 3.62. The van der Waals surface area contributed by atoms with Crippen LogP contribution in [-0.4, -0.2) is 20.1 Å². The number of benzene rings is 1. The van der Waals surface area contributed by atoms with E-state index < -0.39 is 0 Å². The van der Waals surface area contributed by atoms with Crippen LogP contribution in [0.2, 0.25) is 5.15 Å². The second-order valence-corrected chi connectivity index (χ2v) is 5.25. The number of fused-ring (bicyclic) bond motifs is 1. The Bertz CT molecular complexity index is 883. The molecule has 0 aliphatic carbocycles. The summed E-state index contributed by atoms with van der Waals surface area (Å²) >= 11 is 6.01. The summed E-state index contributed by atoms with van der Waals surface area (Å²) in [6, 6.07) is 4.95.